The van der Waals surface area contributed by atoms with Gasteiger partial charge in [0.05, 0.1) is 0 Å². The molecular weight excluding hydrogens is 258 g/mol. The smallest absolute Gasteiger partial charge is 0.130 e. The van der Waals surface area contributed by atoms with E-state index in [2.05, 4.69) is 64.2 Å². The van der Waals surface area contributed by atoms with Gasteiger partial charge in [0.1, 0.15) is 11.5 Å². The normalized spacial score (nSPS) is 12.2. The van der Waals surface area contributed by atoms with Crippen LogP contribution >= 0.6 is 0 Å². The highest BCUT2D eigenvalue weighted by Crippen LogP contribution is 2.29. The summed E-state index contributed by atoms with van der Waals surface area (Å²) in [5.41, 5.74) is 4.97. The van der Waals surface area contributed by atoms with Crippen LogP contribution < -0.4 is 10.1 Å². The summed E-state index contributed by atoms with van der Waals surface area (Å²) >= 11 is 0. The zero-order valence-electron chi connectivity index (χ0n) is 13.7. The van der Waals surface area contributed by atoms with Crippen molar-refractivity contribution >= 4 is 0 Å². The maximum absolute atomic E-state index is 6.05. The molecule has 21 heavy (non-hydrogen) atoms. The minimum atomic E-state index is 0.368. The van der Waals surface area contributed by atoms with Crippen LogP contribution in [0.3, 0.4) is 0 Å². The SMILES string of the molecule is CCNC(C)c1ccc(Oc2cc(C)cc(C)c2C)cc1. The Morgan fingerprint density at radius 3 is 2.33 bits per heavy atom. The number of aryl methyl sites for hydroxylation is 2. The van der Waals surface area contributed by atoms with E-state index < -0.39 is 0 Å². The summed E-state index contributed by atoms with van der Waals surface area (Å²) in [6, 6.07) is 13.0. The first-order chi connectivity index (χ1) is 10.0. The highest BCUT2D eigenvalue weighted by atomic mass is 16.5. The van der Waals surface area contributed by atoms with Crippen molar-refractivity contribution in [1.82, 2.24) is 5.32 Å². The summed E-state index contributed by atoms with van der Waals surface area (Å²) in [7, 11) is 0. The standard InChI is InChI=1S/C19H25NO/c1-6-20-16(5)17-7-9-18(10-8-17)21-19-12-13(2)11-14(3)15(19)4/h7-12,16,20H,6H2,1-5H3. The van der Waals surface area contributed by atoms with Gasteiger partial charge >= 0.3 is 0 Å². The summed E-state index contributed by atoms with van der Waals surface area (Å²) in [6.07, 6.45) is 0. The van der Waals surface area contributed by atoms with Crippen LogP contribution in [0.2, 0.25) is 0 Å². The van der Waals surface area contributed by atoms with Crippen LogP contribution in [0, 0.1) is 20.8 Å². The first kappa shape index (κ1) is 15.6. The fourth-order valence-electron chi connectivity index (χ4n) is 2.48. The maximum atomic E-state index is 6.05. The Labute approximate surface area is 128 Å². The van der Waals surface area contributed by atoms with Crippen molar-refractivity contribution in [2.75, 3.05) is 6.54 Å². The van der Waals surface area contributed by atoms with E-state index in [0.29, 0.717) is 6.04 Å². The van der Waals surface area contributed by atoms with Crippen LogP contribution in [0.4, 0.5) is 0 Å². The van der Waals surface area contributed by atoms with Gasteiger partial charge < -0.3 is 10.1 Å². The van der Waals surface area contributed by atoms with Crippen LogP contribution in [0.5, 0.6) is 11.5 Å². The van der Waals surface area contributed by atoms with E-state index in [0.717, 1.165) is 18.0 Å². The van der Waals surface area contributed by atoms with Gasteiger partial charge in [0.15, 0.2) is 0 Å². The van der Waals surface area contributed by atoms with Crippen molar-refractivity contribution in [3.63, 3.8) is 0 Å². The summed E-state index contributed by atoms with van der Waals surface area (Å²) in [4.78, 5) is 0. The monoisotopic (exact) mass is 283 g/mol. The summed E-state index contributed by atoms with van der Waals surface area (Å²) in [5, 5.41) is 3.41. The average molecular weight is 283 g/mol. The van der Waals surface area contributed by atoms with Crippen LogP contribution in [0.1, 0.15) is 42.1 Å². The molecule has 0 bridgehead atoms. The minimum absolute atomic E-state index is 0.368. The number of hydrogen-bond donors (Lipinski definition) is 1. The lowest BCUT2D eigenvalue weighted by Crippen LogP contribution is -2.17. The highest BCUT2D eigenvalue weighted by Gasteiger charge is 2.07. The predicted molar refractivity (Wildman–Crippen MR) is 89.3 cm³/mol. The second kappa shape index (κ2) is 6.77. The fraction of sp³-hybridized carbons (Fsp3) is 0.368. The van der Waals surface area contributed by atoms with Crippen LogP contribution in [-0.4, -0.2) is 6.54 Å². The van der Waals surface area contributed by atoms with E-state index in [9.17, 15) is 0 Å². The molecule has 0 radical (unpaired) electrons. The zero-order valence-corrected chi connectivity index (χ0v) is 13.7. The van der Waals surface area contributed by atoms with E-state index in [1.54, 1.807) is 0 Å². The van der Waals surface area contributed by atoms with Gasteiger partial charge in [-0.05, 0) is 74.7 Å². The Morgan fingerprint density at radius 1 is 1.05 bits per heavy atom. The third kappa shape index (κ3) is 3.85. The Hall–Kier alpha value is -1.80. The van der Waals surface area contributed by atoms with Crippen molar-refractivity contribution < 1.29 is 4.74 Å². The van der Waals surface area contributed by atoms with Gasteiger partial charge in [0.25, 0.3) is 0 Å². The molecule has 0 saturated heterocycles. The molecule has 0 amide bonds. The molecule has 2 nitrogen and oxygen atoms in total. The van der Waals surface area contributed by atoms with Crippen LogP contribution in [0.25, 0.3) is 0 Å². The van der Waals surface area contributed by atoms with E-state index in [1.807, 2.05) is 12.1 Å². The van der Waals surface area contributed by atoms with Crippen molar-refractivity contribution in [2.45, 2.75) is 40.7 Å². The quantitative estimate of drug-likeness (QED) is 0.826. The first-order valence-electron chi connectivity index (χ1n) is 7.60. The summed E-state index contributed by atoms with van der Waals surface area (Å²) in [5.74, 6) is 1.83. The second-order valence-electron chi connectivity index (χ2n) is 5.66. The van der Waals surface area contributed by atoms with Gasteiger partial charge in [0.2, 0.25) is 0 Å². The zero-order chi connectivity index (χ0) is 15.4. The van der Waals surface area contributed by atoms with E-state index >= 15 is 0 Å². The summed E-state index contributed by atoms with van der Waals surface area (Å²) < 4.78 is 6.05. The molecule has 0 aliphatic heterocycles. The second-order valence-corrected chi connectivity index (χ2v) is 5.66. The number of benzene rings is 2. The Kier molecular flexibility index (Phi) is 5.03. The lowest BCUT2D eigenvalue weighted by Gasteiger charge is -2.15. The molecule has 1 unspecified atom stereocenters. The third-order valence-electron chi connectivity index (χ3n) is 3.88. The lowest BCUT2D eigenvalue weighted by molar-refractivity contribution is 0.477. The topological polar surface area (TPSA) is 21.3 Å². The van der Waals surface area contributed by atoms with E-state index in [1.165, 1.54) is 22.3 Å². The van der Waals surface area contributed by atoms with Crippen molar-refractivity contribution in [2.24, 2.45) is 0 Å². The molecule has 0 aliphatic rings. The average Bonchev–Trinajstić information content (AvgIpc) is 2.45. The number of nitrogens with one attached hydrogen (secondary N) is 1. The number of rotatable bonds is 5. The van der Waals surface area contributed by atoms with E-state index in [4.69, 9.17) is 4.74 Å². The molecule has 2 heteroatoms. The predicted octanol–water partition coefficient (Wildman–Crippen LogP) is 5.07. The third-order valence-corrected chi connectivity index (χ3v) is 3.88. The maximum Gasteiger partial charge on any atom is 0.130 e. The largest absolute Gasteiger partial charge is 0.457 e. The Bertz CT molecular complexity index is 602. The molecular formula is C19H25NO. The Balaban J connectivity index is 2.17. The van der Waals surface area contributed by atoms with Crippen LogP contribution in [0.15, 0.2) is 36.4 Å². The highest BCUT2D eigenvalue weighted by molar-refractivity contribution is 5.44. The minimum Gasteiger partial charge on any atom is -0.457 e. The van der Waals surface area contributed by atoms with Gasteiger partial charge in [-0.25, -0.2) is 0 Å². The molecule has 2 aromatic rings. The van der Waals surface area contributed by atoms with Crippen LogP contribution in [-0.2, 0) is 0 Å². The van der Waals surface area contributed by atoms with Crippen molar-refractivity contribution in [3.8, 4) is 11.5 Å². The van der Waals surface area contributed by atoms with Gasteiger partial charge in [-0.1, -0.05) is 25.1 Å². The molecule has 0 spiro atoms. The molecule has 0 fully saturated rings. The van der Waals surface area contributed by atoms with Crippen molar-refractivity contribution in [3.05, 3.63) is 58.7 Å². The molecule has 112 valence electrons. The molecule has 0 saturated carbocycles. The number of hydrogen-bond acceptors (Lipinski definition) is 2. The molecule has 1 atom stereocenters. The van der Waals surface area contributed by atoms with E-state index in [-0.39, 0.29) is 0 Å². The van der Waals surface area contributed by atoms with Crippen molar-refractivity contribution in [1.29, 1.82) is 0 Å². The fourth-order valence-corrected chi connectivity index (χ4v) is 2.48. The molecule has 0 aromatic heterocycles. The van der Waals surface area contributed by atoms with Gasteiger partial charge in [-0.3, -0.25) is 0 Å². The molecule has 2 aromatic carbocycles. The van der Waals surface area contributed by atoms with Gasteiger partial charge in [-0.15, -0.1) is 0 Å². The lowest BCUT2D eigenvalue weighted by atomic mass is 10.1. The Morgan fingerprint density at radius 2 is 1.71 bits per heavy atom. The number of ether oxygens (including phenoxy) is 1. The molecule has 1 N–H and O–H groups in total. The van der Waals surface area contributed by atoms with Gasteiger partial charge in [0, 0.05) is 6.04 Å². The molecule has 0 aliphatic carbocycles. The molecule has 0 heterocycles. The molecule has 2 rings (SSSR count). The first-order valence-corrected chi connectivity index (χ1v) is 7.60. The van der Waals surface area contributed by atoms with Gasteiger partial charge in [-0.2, -0.15) is 0 Å². The summed E-state index contributed by atoms with van der Waals surface area (Å²) in [6.45, 7) is 11.6.